The second-order valence-corrected chi connectivity index (χ2v) is 11.3. The van der Waals surface area contributed by atoms with Crippen molar-refractivity contribution in [2.24, 2.45) is 17.8 Å². The zero-order chi connectivity index (χ0) is 24.9. The lowest BCUT2D eigenvalue weighted by Crippen LogP contribution is -2.17. The lowest BCUT2D eigenvalue weighted by atomic mass is 9.74. The monoisotopic (exact) mass is 508 g/mol. The number of hydrogen-bond donors (Lipinski definition) is 0. The molecule has 0 radical (unpaired) electrons. The predicted molar refractivity (Wildman–Crippen MR) is 135 cm³/mol. The van der Waals surface area contributed by atoms with Gasteiger partial charge < -0.3 is 0 Å². The van der Waals surface area contributed by atoms with Crippen LogP contribution >= 0.6 is 11.6 Å². The highest BCUT2D eigenvalue weighted by atomic mass is 35.5. The smallest absolute Gasteiger partial charge is 0.145 e. The molecule has 0 aromatic heterocycles. The third-order valence-corrected chi connectivity index (χ3v) is 9.08. The first-order valence-corrected chi connectivity index (χ1v) is 13.8. The molecule has 2 aliphatic rings. The van der Waals surface area contributed by atoms with Crippen LogP contribution in [0.2, 0.25) is 5.02 Å². The lowest BCUT2D eigenvalue weighted by molar-refractivity contribution is 0.227. The largest absolute Gasteiger partial charge is 0.207 e. The van der Waals surface area contributed by atoms with E-state index in [2.05, 4.69) is 6.92 Å². The Hall–Kier alpha value is -1.55. The van der Waals surface area contributed by atoms with E-state index in [1.54, 1.807) is 0 Å². The van der Waals surface area contributed by atoms with Crippen molar-refractivity contribution in [1.82, 2.24) is 0 Å². The molecule has 2 saturated carbocycles. The number of hydrogen-bond acceptors (Lipinski definition) is 0. The lowest BCUT2D eigenvalue weighted by Gasteiger charge is -2.32. The van der Waals surface area contributed by atoms with Gasteiger partial charge >= 0.3 is 0 Å². The van der Waals surface area contributed by atoms with Crippen molar-refractivity contribution in [3.8, 4) is 0 Å². The first kappa shape index (κ1) is 26.5. The van der Waals surface area contributed by atoms with Crippen LogP contribution in [0.5, 0.6) is 0 Å². The Morgan fingerprint density at radius 1 is 0.657 bits per heavy atom. The van der Waals surface area contributed by atoms with Crippen molar-refractivity contribution in [3.05, 3.63) is 69.2 Å². The maximum Gasteiger partial charge on any atom is 0.145 e. The van der Waals surface area contributed by atoms with Crippen molar-refractivity contribution < 1.29 is 17.6 Å². The average molecular weight is 509 g/mol. The summed E-state index contributed by atoms with van der Waals surface area (Å²) in [5.74, 6) is -0.0910. The molecular formula is C30H37ClF4. The van der Waals surface area contributed by atoms with Gasteiger partial charge in [0.1, 0.15) is 28.3 Å². The van der Waals surface area contributed by atoms with Gasteiger partial charge in [-0.2, -0.15) is 0 Å². The van der Waals surface area contributed by atoms with Crippen LogP contribution in [-0.2, 0) is 12.8 Å². The summed E-state index contributed by atoms with van der Waals surface area (Å²) in [5.41, 5.74) is 1.03. The van der Waals surface area contributed by atoms with E-state index in [0.29, 0.717) is 5.56 Å². The van der Waals surface area contributed by atoms with Crippen molar-refractivity contribution >= 4 is 11.6 Å². The molecule has 0 spiro atoms. The molecular weight excluding hydrogens is 472 g/mol. The summed E-state index contributed by atoms with van der Waals surface area (Å²) >= 11 is 5.51. The molecule has 0 unspecified atom stereocenters. The molecule has 0 nitrogen and oxygen atoms in total. The molecule has 0 atom stereocenters. The molecule has 0 bridgehead atoms. The van der Waals surface area contributed by atoms with Crippen LogP contribution in [0, 0.1) is 41.0 Å². The van der Waals surface area contributed by atoms with Crippen LogP contribution in [0.3, 0.4) is 0 Å². The van der Waals surface area contributed by atoms with E-state index in [-0.39, 0.29) is 24.3 Å². The van der Waals surface area contributed by atoms with Gasteiger partial charge in [0.25, 0.3) is 0 Å². The highest BCUT2D eigenvalue weighted by Gasteiger charge is 2.26. The molecule has 192 valence electrons. The van der Waals surface area contributed by atoms with Gasteiger partial charge in [0.15, 0.2) is 0 Å². The molecule has 0 saturated heterocycles. The summed E-state index contributed by atoms with van der Waals surface area (Å²) in [7, 11) is 0. The fraction of sp³-hybridized carbons (Fsp3) is 0.600. The summed E-state index contributed by atoms with van der Waals surface area (Å²) in [6, 6.07) is 5.17. The molecule has 0 heterocycles. The Morgan fingerprint density at radius 2 is 1.14 bits per heavy atom. The molecule has 35 heavy (non-hydrogen) atoms. The number of aryl methyl sites for hydroxylation is 1. The molecule has 5 heteroatoms. The standard InChI is InChI=1S/C30H37ClF4/c1-2-19-3-5-20(6-4-19)7-8-21-9-12-23(13-10-21)24-17-26(32)25(27(33)18-24)14-11-22-15-28(34)30(31)29(35)16-22/h15-21,23H,2-14H2,1H3/t19-,20-,21-,23-. The maximum absolute atomic E-state index is 14.8. The molecule has 0 aliphatic heterocycles. The minimum Gasteiger partial charge on any atom is -0.207 e. The fourth-order valence-electron chi connectivity index (χ4n) is 6.30. The van der Waals surface area contributed by atoms with Gasteiger partial charge in [-0.15, -0.1) is 0 Å². The van der Waals surface area contributed by atoms with Crippen LogP contribution in [-0.4, -0.2) is 0 Å². The van der Waals surface area contributed by atoms with Crippen LogP contribution in [0.15, 0.2) is 24.3 Å². The van der Waals surface area contributed by atoms with E-state index < -0.39 is 28.3 Å². The van der Waals surface area contributed by atoms with Crippen LogP contribution in [0.4, 0.5) is 17.6 Å². The molecule has 0 amide bonds. The fourth-order valence-corrected chi connectivity index (χ4v) is 6.41. The average Bonchev–Trinajstić information content (AvgIpc) is 2.86. The summed E-state index contributed by atoms with van der Waals surface area (Å²) < 4.78 is 57.0. The van der Waals surface area contributed by atoms with E-state index in [4.69, 9.17) is 11.6 Å². The highest BCUT2D eigenvalue weighted by Crippen LogP contribution is 2.40. The quantitative estimate of drug-likeness (QED) is 0.246. The van der Waals surface area contributed by atoms with Gasteiger partial charge in [0, 0.05) is 5.56 Å². The second-order valence-electron chi connectivity index (χ2n) is 10.9. The minimum absolute atomic E-state index is 0.0315. The van der Waals surface area contributed by atoms with Crippen molar-refractivity contribution in [2.75, 3.05) is 0 Å². The number of benzene rings is 2. The Bertz CT molecular complexity index is 942. The third-order valence-electron chi connectivity index (χ3n) is 8.72. The van der Waals surface area contributed by atoms with E-state index >= 15 is 0 Å². The second kappa shape index (κ2) is 12.1. The SMILES string of the molecule is CC[C@H]1CC[C@H](CC[C@H]2CC[C@H](c3cc(F)c(CCc4cc(F)c(Cl)c(F)c4)c(F)c3)CC2)CC1. The summed E-state index contributed by atoms with van der Waals surface area (Å²) in [4.78, 5) is 0. The van der Waals surface area contributed by atoms with Crippen LogP contribution < -0.4 is 0 Å². The molecule has 2 aliphatic carbocycles. The van der Waals surface area contributed by atoms with E-state index in [9.17, 15) is 17.6 Å². The van der Waals surface area contributed by atoms with Gasteiger partial charge in [0.05, 0.1) is 0 Å². The molecule has 2 aromatic carbocycles. The Kier molecular flexibility index (Phi) is 9.18. The zero-order valence-corrected chi connectivity index (χ0v) is 21.5. The van der Waals surface area contributed by atoms with Gasteiger partial charge in [-0.05, 0) is 97.6 Å². The van der Waals surface area contributed by atoms with Crippen molar-refractivity contribution in [2.45, 2.75) is 96.3 Å². The highest BCUT2D eigenvalue weighted by molar-refractivity contribution is 6.30. The van der Waals surface area contributed by atoms with Crippen molar-refractivity contribution in [1.29, 1.82) is 0 Å². The topological polar surface area (TPSA) is 0 Å². The summed E-state index contributed by atoms with van der Waals surface area (Å²) in [6.07, 6.45) is 13.9. The zero-order valence-electron chi connectivity index (χ0n) is 20.7. The van der Waals surface area contributed by atoms with Gasteiger partial charge in [-0.3, -0.25) is 0 Å². The van der Waals surface area contributed by atoms with E-state index in [1.165, 1.54) is 57.1 Å². The summed E-state index contributed by atoms with van der Waals surface area (Å²) in [6.45, 7) is 2.31. The number of halogens is 5. The van der Waals surface area contributed by atoms with E-state index in [0.717, 1.165) is 61.1 Å². The maximum atomic E-state index is 14.8. The van der Waals surface area contributed by atoms with Crippen LogP contribution in [0.25, 0.3) is 0 Å². The van der Waals surface area contributed by atoms with Gasteiger partial charge in [0.2, 0.25) is 0 Å². The normalized spacial score (nSPS) is 25.1. The molecule has 4 rings (SSSR count). The first-order chi connectivity index (χ1) is 16.8. The predicted octanol–water partition coefficient (Wildman–Crippen LogP) is 9.95. The minimum atomic E-state index is -0.863. The Labute approximate surface area is 212 Å². The van der Waals surface area contributed by atoms with Crippen LogP contribution in [0.1, 0.15) is 100 Å². The van der Waals surface area contributed by atoms with Crippen molar-refractivity contribution in [3.63, 3.8) is 0 Å². The first-order valence-electron chi connectivity index (χ1n) is 13.4. The molecule has 2 fully saturated rings. The van der Waals surface area contributed by atoms with Gasteiger partial charge in [-0.1, -0.05) is 63.5 Å². The summed E-state index contributed by atoms with van der Waals surface area (Å²) in [5, 5.41) is -0.565. The Morgan fingerprint density at radius 3 is 1.66 bits per heavy atom. The Balaban J connectivity index is 1.28. The number of rotatable bonds is 8. The third kappa shape index (κ3) is 6.81. The van der Waals surface area contributed by atoms with E-state index in [1.807, 2.05) is 0 Å². The molecule has 2 aromatic rings. The van der Waals surface area contributed by atoms with Gasteiger partial charge in [-0.25, -0.2) is 17.6 Å². The molecule has 0 N–H and O–H groups in total.